The first kappa shape index (κ1) is 50.2. The molecule has 2 unspecified atom stereocenters. The average Bonchev–Trinajstić information content (AvgIpc) is 3.14. The minimum absolute atomic E-state index is 0.0364. The van der Waals surface area contributed by atoms with Gasteiger partial charge >= 0.3 is 19.8 Å². The zero-order valence-electron chi connectivity index (χ0n) is 33.0. The van der Waals surface area contributed by atoms with Crippen LogP contribution >= 0.6 is 7.82 Å². The van der Waals surface area contributed by atoms with Gasteiger partial charge in [-0.3, -0.25) is 18.6 Å². The highest BCUT2D eigenvalue weighted by molar-refractivity contribution is 7.47. The van der Waals surface area contributed by atoms with E-state index in [0.29, 0.717) is 12.8 Å². The quantitative estimate of drug-likeness (QED) is 0.0277. The molecule has 0 aromatic carbocycles. The molecule has 2 atom stereocenters. The largest absolute Gasteiger partial charge is 0.472 e. The highest BCUT2D eigenvalue weighted by atomic mass is 31.2. The van der Waals surface area contributed by atoms with Crippen LogP contribution in [0.4, 0.5) is 0 Å². The number of carbonyl (C=O) groups is 2. The summed E-state index contributed by atoms with van der Waals surface area (Å²) < 4.78 is 32.6. The molecule has 0 aromatic rings. The summed E-state index contributed by atoms with van der Waals surface area (Å²) in [4.78, 5) is 34.7. The summed E-state index contributed by atoms with van der Waals surface area (Å²) in [6.45, 7) is 3.47. The van der Waals surface area contributed by atoms with Gasteiger partial charge in [-0.1, -0.05) is 137 Å². The third kappa shape index (κ3) is 38.7. The third-order valence-corrected chi connectivity index (χ3v) is 8.76. The van der Waals surface area contributed by atoms with Crippen LogP contribution in [0.15, 0.2) is 85.1 Å². The Hall–Kier alpha value is -2.81. The summed E-state index contributed by atoms with van der Waals surface area (Å²) in [5.74, 6) is -0.955. The van der Waals surface area contributed by atoms with Crippen LogP contribution in [0.5, 0.6) is 0 Å². The normalized spacial score (nSPS) is 14.3. The number of phosphoric acid groups is 1. The van der Waals surface area contributed by atoms with Crippen molar-refractivity contribution in [2.24, 2.45) is 5.73 Å². The number of esters is 2. The zero-order valence-corrected chi connectivity index (χ0v) is 33.9. The average molecular weight is 762 g/mol. The molecule has 0 aromatic heterocycles. The lowest BCUT2D eigenvalue weighted by molar-refractivity contribution is -0.161. The predicted molar refractivity (Wildman–Crippen MR) is 219 cm³/mol. The maximum absolute atomic E-state index is 12.5. The van der Waals surface area contributed by atoms with Gasteiger partial charge in [0, 0.05) is 19.4 Å². The SMILES string of the molecule is CC/C=C/C/C=C/C/C=C/C/C=C/C/C=C/CCCCCC(=O)OCC(COP(=O)(O)OCCN)OC(=O)CC/C=C/C/C=C/CCCCCCCC. The number of hydrogen-bond donors (Lipinski definition) is 2. The van der Waals surface area contributed by atoms with E-state index >= 15 is 0 Å². The molecule has 0 saturated heterocycles. The fourth-order valence-corrected chi connectivity index (χ4v) is 5.59. The van der Waals surface area contributed by atoms with Gasteiger partial charge in [-0.05, 0) is 77.0 Å². The molecule has 0 rings (SSSR count). The fourth-order valence-electron chi connectivity index (χ4n) is 4.83. The molecular weight excluding hydrogens is 689 g/mol. The molecule has 0 aliphatic carbocycles. The van der Waals surface area contributed by atoms with E-state index < -0.39 is 32.5 Å². The first-order valence-corrected chi connectivity index (χ1v) is 21.6. The van der Waals surface area contributed by atoms with Gasteiger partial charge in [0.25, 0.3) is 0 Å². The Morgan fingerprint density at radius 2 is 1.08 bits per heavy atom. The lowest BCUT2D eigenvalue weighted by Crippen LogP contribution is -2.29. The molecule has 0 radical (unpaired) electrons. The third-order valence-electron chi connectivity index (χ3n) is 7.78. The Balaban J connectivity index is 4.34. The van der Waals surface area contributed by atoms with Gasteiger partial charge in [-0.2, -0.15) is 0 Å². The highest BCUT2D eigenvalue weighted by Gasteiger charge is 2.25. The molecule has 0 saturated carbocycles. The van der Waals surface area contributed by atoms with Crippen molar-refractivity contribution in [2.45, 2.75) is 148 Å². The van der Waals surface area contributed by atoms with Crippen LogP contribution in [0.2, 0.25) is 0 Å². The molecule has 0 aliphatic rings. The molecule has 0 fully saturated rings. The summed E-state index contributed by atoms with van der Waals surface area (Å²) in [5, 5.41) is 0. The van der Waals surface area contributed by atoms with E-state index in [2.05, 4.69) is 86.8 Å². The van der Waals surface area contributed by atoms with E-state index in [9.17, 15) is 19.0 Å². The van der Waals surface area contributed by atoms with Crippen molar-refractivity contribution in [3.05, 3.63) is 85.1 Å². The number of rotatable bonds is 36. The van der Waals surface area contributed by atoms with E-state index in [1.54, 1.807) is 0 Å². The minimum Gasteiger partial charge on any atom is -0.462 e. The molecular formula is C43H72NO8P. The van der Waals surface area contributed by atoms with Crippen molar-refractivity contribution in [3.63, 3.8) is 0 Å². The van der Waals surface area contributed by atoms with Crippen molar-refractivity contribution < 1.29 is 37.6 Å². The second-order valence-corrected chi connectivity index (χ2v) is 14.2. The van der Waals surface area contributed by atoms with E-state index in [1.165, 1.54) is 38.5 Å². The van der Waals surface area contributed by atoms with Crippen LogP contribution in [0.25, 0.3) is 0 Å². The predicted octanol–water partition coefficient (Wildman–Crippen LogP) is 11.3. The number of phosphoric ester groups is 1. The van der Waals surface area contributed by atoms with Gasteiger partial charge in [0.15, 0.2) is 6.10 Å². The molecule has 0 amide bonds. The summed E-state index contributed by atoms with van der Waals surface area (Å²) in [7, 11) is -4.40. The van der Waals surface area contributed by atoms with Gasteiger partial charge in [0.2, 0.25) is 0 Å². The maximum atomic E-state index is 12.5. The summed E-state index contributed by atoms with van der Waals surface area (Å²) in [5.41, 5.74) is 5.33. The number of hydrogen-bond acceptors (Lipinski definition) is 8. The van der Waals surface area contributed by atoms with Crippen molar-refractivity contribution in [1.29, 1.82) is 0 Å². The fraction of sp³-hybridized carbons (Fsp3) is 0.628. The van der Waals surface area contributed by atoms with Crippen LogP contribution in [0.1, 0.15) is 142 Å². The topological polar surface area (TPSA) is 134 Å². The van der Waals surface area contributed by atoms with Gasteiger partial charge < -0.3 is 20.1 Å². The second-order valence-electron chi connectivity index (χ2n) is 12.8. The van der Waals surface area contributed by atoms with Gasteiger partial charge in [-0.25, -0.2) is 4.57 Å². The number of unbranched alkanes of at least 4 members (excludes halogenated alkanes) is 9. The standard InChI is InChI=1S/C43H72NO8P/c1-3-5-7-9-11-13-15-17-18-19-20-21-22-24-25-27-29-31-33-35-42(45)49-39-41(40-51-53(47,48)50-38-37-44)52-43(46)36-34-32-30-28-26-23-16-14-12-10-8-6-4-2/h5,7,11,13,17-18,20-21,23-26,30,32,41H,3-4,6,8-10,12,14-16,19,22,27-29,31,33-40,44H2,1-2H3,(H,47,48)/b7-5+,13-11+,18-17+,21-20+,25-24+,26-23+,32-30+. The molecule has 0 heterocycles. The smallest absolute Gasteiger partial charge is 0.462 e. The number of carbonyl (C=O) groups excluding carboxylic acids is 2. The number of ether oxygens (including phenoxy) is 2. The molecule has 53 heavy (non-hydrogen) atoms. The lowest BCUT2D eigenvalue weighted by atomic mass is 10.1. The maximum Gasteiger partial charge on any atom is 0.472 e. The van der Waals surface area contributed by atoms with Crippen molar-refractivity contribution in [1.82, 2.24) is 0 Å². The van der Waals surface area contributed by atoms with E-state index in [0.717, 1.165) is 64.2 Å². The first-order chi connectivity index (χ1) is 25.8. The highest BCUT2D eigenvalue weighted by Crippen LogP contribution is 2.43. The molecule has 302 valence electrons. The van der Waals surface area contributed by atoms with Gasteiger partial charge in [0.05, 0.1) is 13.2 Å². The summed E-state index contributed by atoms with van der Waals surface area (Å²) >= 11 is 0. The Morgan fingerprint density at radius 3 is 1.62 bits per heavy atom. The van der Waals surface area contributed by atoms with E-state index in [-0.39, 0.29) is 32.6 Å². The van der Waals surface area contributed by atoms with Crippen molar-refractivity contribution >= 4 is 19.8 Å². The second kappa shape index (κ2) is 38.9. The van der Waals surface area contributed by atoms with E-state index in [4.69, 9.17) is 24.3 Å². The molecule has 10 heteroatoms. The number of allylic oxidation sites excluding steroid dienone is 14. The molecule has 0 spiro atoms. The van der Waals surface area contributed by atoms with Crippen LogP contribution < -0.4 is 5.73 Å². The van der Waals surface area contributed by atoms with E-state index in [1.807, 2.05) is 12.2 Å². The number of nitrogens with two attached hydrogens (primary N) is 1. The van der Waals surface area contributed by atoms with Crippen LogP contribution in [-0.4, -0.2) is 49.3 Å². The van der Waals surface area contributed by atoms with Gasteiger partial charge in [0.1, 0.15) is 6.61 Å². The Kier molecular flexibility index (Phi) is 36.8. The first-order valence-electron chi connectivity index (χ1n) is 20.1. The van der Waals surface area contributed by atoms with Crippen LogP contribution in [0.3, 0.4) is 0 Å². The Bertz CT molecular complexity index is 1140. The summed E-state index contributed by atoms with van der Waals surface area (Å²) in [6, 6.07) is 0. The molecule has 9 nitrogen and oxygen atoms in total. The van der Waals surface area contributed by atoms with Gasteiger partial charge in [-0.15, -0.1) is 0 Å². The van der Waals surface area contributed by atoms with Crippen molar-refractivity contribution in [2.75, 3.05) is 26.4 Å². The Labute approximate surface area is 322 Å². The molecule has 0 bridgehead atoms. The molecule has 3 N–H and O–H groups in total. The monoisotopic (exact) mass is 761 g/mol. The van der Waals surface area contributed by atoms with Crippen LogP contribution in [-0.2, 0) is 32.7 Å². The zero-order chi connectivity index (χ0) is 38.9. The van der Waals surface area contributed by atoms with Crippen molar-refractivity contribution in [3.8, 4) is 0 Å². The minimum atomic E-state index is -4.40. The summed E-state index contributed by atoms with van der Waals surface area (Å²) in [6.07, 6.45) is 47.7. The molecule has 0 aliphatic heterocycles. The lowest BCUT2D eigenvalue weighted by Gasteiger charge is -2.19. The Morgan fingerprint density at radius 1 is 0.585 bits per heavy atom. The van der Waals surface area contributed by atoms with Crippen LogP contribution in [0, 0.1) is 0 Å².